The fourth-order valence-corrected chi connectivity index (χ4v) is 2.79. The molecule has 0 aliphatic heterocycles. The van der Waals surface area contributed by atoms with Crippen LogP contribution in [-0.4, -0.2) is 29.8 Å². The summed E-state index contributed by atoms with van der Waals surface area (Å²) in [5, 5.41) is 11.0. The van der Waals surface area contributed by atoms with Crippen molar-refractivity contribution in [2.24, 2.45) is 0 Å². The van der Waals surface area contributed by atoms with Crippen molar-refractivity contribution in [2.45, 2.75) is 32.6 Å². The van der Waals surface area contributed by atoms with Crippen molar-refractivity contribution in [3.05, 3.63) is 65.5 Å². The number of nitrogens with one attached hydrogen (secondary N) is 1. The van der Waals surface area contributed by atoms with E-state index in [0.29, 0.717) is 31.2 Å². The van der Waals surface area contributed by atoms with Gasteiger partial charge in [0.05, 0.1) is 7.11 Å². The second-order valence-electron chi connectivity index (χ2n) is 6.67. The average Bonchev–Trinajstić information content (AvgIpc) is 3.20. The highest BCUT2D eigenvalue weighted by Gasteiger charge is 2.10. The molecule has 0 bridgehead atoms. The van der Waals surface area contributed by atoms with E-state index < -0.39 is 0 Å². The Kier molecular flexibility index (Phi) is 6.78. The Balaban J connectivity index is 1.36. The van der Waals surface area contributed by atoms with Gasteiger partial charge in [-0.3, -0.25) is 4.79 Å². The predicted octanol–water partition coefficient (Wildman–Crippen LogP) is 3.74. The molecule has 0 saturated heterocycles. The van der Waals surface area contributed by atoms with Gasteiger partial charge in [-0.25, -0.2) is 0 Å². The van der Waals surface area contributed by atoms with Crippen molar-refractivity contribution in [3.63, 3.8) is 0 Å². The lowest BCUT2D eigenvalue weighted by molar-refractivity contribution is -0.121. The van der Waals surface area contributed by atoms with E-state index in [2.05, 4.69) is 15.5 Å². The molecule has 28 heavy (non-hydrogen) atoms. The summed E-state index contributed by atoms with van der Waals surface area (Å²) in [4.78, 5) is 12.0. The Morgan fingerprint density at radius 1 is 1.04 bits per heavy atom. The van der Waals surface area contributed by atoms with E-state index in [9.17, 15) is 4.79 Å². The van der Waals surface area contributed by atoms with Crippen LogP contribution in [0.2, 0.25) is 0 Å². The minimum atomic E-state index is -0.00943. The number of aryl methyl sites for hydroxylation is 3. The highest BCUT2D eigenvalue weighted by atomic mass is 16.5. The number of hydrogen-bond donors (Lipinski definition) is 1. The summed E-state index contributed by atoms with van der Waals surface area (Å²) in [5.74, 6) is 1.80. The summed E-state index contributed by atoms with van der Waals surface area (Å²) in [6, 6.07) is 15.9. The van der Waals surface area contributed by atoms with Crippen LogP contribution in [0.1, 0.15) is 29.9 Å². The first kappa shape index (κ1) is 19.6. The smallest absolute Gasteiger partial charge is 0.247 e. The lowest BCUT2D eigenvalue weighted by Crippen LogP contribution is -2.25. The maximum atomic E-state index is 12.0. The van der Waals surface area contributed by atoms with Crippen LogP contribution in [0.15, 0.2) is 52.9 Å². The third-order valence-electron chi connectivity index (χ3n) is 4.45. The van der Waals surface area contributed by atoms with E-state index in [0.717, 1.165) is 24.2 Å². The van der Waals surface area contributed by atoms with Crippen molar-refractivity contribution in [1.82, 2.24) is 15.5 Å². The molecule has 1 N–H and O–H groups in total. The van der Waals surface area contributed by atoms with Gasteiger partial charge in [0.2, 0.25) is 17.7 Å². The minimum absolute atomic E-state index is 0.00943. The van der Waals surface area contributed by atoms with Crippen LogP contribution in [-0.2, 0) is 17.6 Å². The van der Waals surface area contributed by atoms with E-state index in [4.69, 9.17) is 9.15 Å². The second kappa shape index (κ2) is 9.69. The molecule has 2 aromatic carbocycles. The van der Waals surface area contributed by atoms with E-state index in [1.54, 1.807) is 7.11 Å². The van der Waals surface area contributed by atoms with E-state index in [-0.39, 0.29) is 5.91 Å². The first-order valence-corrected chi connectivity index (χ1v) is 9.43. The van der Waals surface area contributed by atoms with Crippen LogP contribution < -0.4 is 10.1 Å². The summed E-state index contributed by atoms with van der Waals surface area (Å²) in [6.45, 7) is 2.67. The van der Waals surface area contributed by atoms with Crippen molar-refractivity contribution >= 4 is 5.91 Å². The third kappa shape index (κ3) is 5.67. The Morgan fingerprint density at radius 2 is 1.79 bits per heavy atom. The summed E-state index contributed by atoms with van der Waals surface area (Å²) in [7, 11) is 1.65. The number of nitrogens with zero attached hydrogens (tertiary/aromatic N) is 2. The molecule has 0 saturated carbocycles. The Hall–Kier alpha value is -3.15. The number of benzene rings is 2. The van der Waals surface area contributed by atoms with Gasteiger partial charge in [-0.2, -0.15) is 0 Å². The van der Waals surface area contributed by atoms with Crippen molar-refractivity contribution in [1.29, 1.82) is 0 Å². The maximum absolute atomic E-state index is 12.0. The largest absolute Gasteiger partial charge is 0.497 e. The van der Waals surface area contributed by atoms with Gasteiger partial charge in [-0.1, -0.05) is 29.8 Å². The molecule has 3 rings (SSSR count). The number of methoxy groups -OCH3 is 1. The van der Waals surface area contributed by atoms with E-state index in [1.807, 2.05) is 55.5 Å². The molecule has 1 amide bonds. The number of rotatable bonds is 9. The fraction of sp³-hybridized carbons (Fsp3) is 0.318. The molecular formula is C22H25N3O3. The van der Waals surface area contributed by atoms with Crippen molar-refractivity contribution in [3.8, 4) is 17.2 Å². The highest BCUT2D eigenvalue weighted by Crippen LogP contribution is 2.18. The van der Waals surface area contributed by atoms with Crippen molar-refractivity contribution in [2.75, 3.05) is 13.7 Å². The first-order valence-electron chi connectivity index (χ1n) is 9.43. The zero-order valence-electron chi connectivity index (χ0n) is 16.3. The molecular weight excluding hydrogens is 354 g/mol. The molecule has 0 atom stereocenters. The van der Waals surface area contributed by atoms with Gasteiger partial charge < -0.3 is 14.5 Å². The van der Waals surface area contributed by atoms with Crippen LogP contribution in [0.25, 0.3) is 11.5 Å². The number of amides is 1. The number of aromatic nitrogens is 2. The summed E-state index contributed by atoms with van der Waals surface area (Å²) in [5.41, 5.74) is 3.28. The Bertz CT molecular complexity index is 886. The molecule has 0 aliphatic carbocycles. The van der Waals surface area contributed by atoms with Gasteiger partial charge in [-0.15, -0.1) is 10.2 Å². The standard InChI is InChI=1S/C22H25N3O3/c1-16-5-9-18(10-6-16)22-25-24-21(28-22)14-13-20(26)23-15-3-4-17-7-11-19(27-2)12-8-17/h5-12H,3-4,13-15H2,1-2H3,(H,23,26). The number of ether oxygens (including phenoxy) is 1. The van der Waals surface area contributed by atoms with Gasteiger partial charge in [0.15, 0.2) is 0 Å². The zero-order chi connectivity index (χ0) is 19.8. The van der Waals surface area contributed by atoms with Crippen LogP contribution in [0.4, 0.5) is 0 Å². The molecule has 0 radical (unpaired) electrons. The molecule has 146 valence electrons. The molecule has 1 heterocycles. The highest BCUT2D eigenvalue weighted by molar-refractivity contribution is 5.75. The van der Waals surface area contributed by atoms with Crippen LogP contribution in [0.3, 0.4) is 0 Å². The third-order valence-corrected chi connectivity index (χ3v) is 4.45. The van der Waals surface area contributed by atoms with Crippen molar-refractivity contribution < 1.29 is 13.9 Å². The van der Waals surface area contributed by atoms with E-state index in [1.165, 1.54) is 11.1 Å². The molecule has 1 aromatic heterocycles. The fourth-order valence-electron chi connectivity index (χ4n) is 2.79. The number of carbonyl (C=O) groups excluding carboxylic acids is 1. The van der Waals surface area contributed by atoms with Gasteiger partial charge in [0.1, 0.15) is 5.75 Å². The summed E-state index contributed by atoms with van der Waals surface area (Å²) < 4.78 is 10.8. The van der Waals surface area contributed by atoms with Gasteiger partial charge >= 0.3 is 0 Å². The quantitative estimate of drug-likeness (QED) is 0.573. The van der Waals surface area contributed by atoms with Gasteiger partial charge in [0.25, 0.3) is 0 Å². The second-order valence-corrected chi connectivity index (χ2v) is 6.67. The first-order chi connectivity index (χ1) is 13.6. The minimum Gasteiger partial charge on any atom is -0.497 e. The van der Waals surface area contributed by atoms with Crippen LogP contribution in [0.5, 0.6) is 5.75 Å². The Labute approximate surface area is 164 Å². The maximum Gasteiger partial charge on any atom is 0.247 e. The molecule has 0 aliphatic rings. The number of carbonyl (C=O) groups is 1. The number of hydrogen-bond acceptors (Lipinski definition) is 5. The molecule has 0 fully saturated rings. The average molecular weight is 379 g/mol. The molecule has 3 aromatic rings. The van der Waals surface area contributed by atoms with Crippen LogP contribution >= 0.6 is 0 Å². The summed E-state index contributed by atoms with van der Waals surface area (Å²) >= 11 is 0. The molecule has 6 heteroatoms. The summed E-state index contributed by atoms with van der Waals surface area (Å²) in [6.07, 6.45) is 2.56. The zero-order valence-corrected chi connectivity index (χ0v) is 16.3. The van der Waals surface area contributed by atoms with Crippen LogP contribution in [0, 0.1) is 6.92 Å². The molecule has 0 spiro atoms. The normalized spacial score (nSPS) is 10.6. The predicted molar refractivity (Wildman–Crippen MR) is 107 cm³/mol. The van der Waals surface area contributed by atoms with E-state index >= 15 is 0 Å². The lowest BCUT2D eigenvalue weighted by Gasteiger charge is -2.05. The monoisotopic (exact) mass is 379 g/mol. The molecule has 0 unspecified atom stereocenters. The topological polar surface area (TPSA) is 77.2 Å². The lowest BCUT2D eigenvalue weighted by atomic mass is 10.1. The van der Waals surface area contributed by atoms with Gasteiger partial charge in [-0.05, 0) is 49.6 Å². The molecule has 6 nitrogen and oxygen atoms in total. The SMILES string of the molecule is COc1ccc(CCCNC(=O)CCc2nnc(-c3ccc(C)cc3)o2)cc1. The van der Waals surface area contributed by atoms with Gasteiger partial charge in [0, 0.05) is 24.9 Å². The Morgan fingerprint density at radius 3 is 2.50 bits per heavy atom.